The van der Waals surface area contributed by atoms with Gasteiger partial charge in [0.05, 0.1) is 0 Å². The Morgan fingerprint density at radius 1 is 1.31 bits per heavy atom. The lowest BCUT2D eigenvalue weighted by Crippen LogP contribution is -2.15. The van der Waals surface area contributed by atoms with Crippen LogP contribution >= 0.6 is 11.8 Å². The van der Waals surface area contributed by atoms with Gasteiger partial charge in [-0.05, 0) is 30.4 Å². The second-order valence-electron chi connectivity index (χ2n) is 4.97. The van der Waals surface area contributed by atoms with E-state index in [1.54, 1.807) is 0 Å². The van der Waals surface area contributed by atoms with Crippen molar-refractivity contribution in [3.8, 4) is 0 Å². The summed E-state index contributed by atoms with van der Waals surface area (Å²) in [5, 5.41) is 3.59. The van der Waals surface area contributed by atoms with E-state index in [2.05, 4.69) is 43.4 Å². The molecule has 0 aliphatic heterocycles. The summed E-state index contributed by atoms with van der Waals surface area (Å²) in [6.07, 6.45) is 2.72. The first-order valence-electron chi connectivity index (χ1n) is 6.20. The largest absolute Gasteiger partial charge is 0.310 e. The van der Waals surface area contributed by atoms with E-state index in [1.165, 1.54) is 29.1 Å². The molecule has 0 heterocycles. The van der Waals surface area contributed by atoms with Gasteiger partial charge >= 0.3 is 0 Å². The molecule has 1 aliphatic rings. The molecular formula is C14H21NS. The molecule has 0 aromatic heterocycles. The van der Waals surface area contributed by atoms with Crippen LogP contribution in [0.4, 0.5) is 0 Å². The van der Waals surface area contributed by atoms with Crippen molar-refractivity contribution in [1.29, 1.82) is 0 Å². The highest BCUT2D eigenvalue weighted by Crippen LogP contribution is 2.26. The summed E-state index contributed by atoms with van der Waals surface area (Å²) >= 11 is 1.99. The Morgan fingerprint density at radius 2 is 2.06 bits per heavy atom. The lowest BCUT2D eigenvalue weighted by molar-refractivity contribution is 0.680. The first-order chi connectivity index (χ1) is 7.75. The first kappa shape index (κ1) is 12.0. The zero-order valence-corrected chi connectivity index (χ0v) is 11.0. The minimum absolute atomic E-state index is 0.759. The van der Waals surface area contributed by atoms with Gasteiger partial charge in [-0.15, -0.1) is 11.8 Å². The molecule has 88 valence electrons. The summed E-state index contributed by atoms with van der Waals surface area (Å²) in [5.41, 5.74) is 1.46. The molecule has 1 aromatic carbocycles. The molecule has 16 heavy (non-hydrogen) atoms. The van der Waals surface area contributed by atoms with Crippen LogP contribution in [0, 0.1) is 5.92 Å². The lowest BCUT2D eigenvalue weighted by Gasteiger charge is -2.11. The summed E-state index contributed by atoms with van der Waals surface area (Å²) in [4.78, 5) is 1.45. The Hall–Kier alpha value is -0.470. The zero-order valence-electron chi connectivity index (χ0n) is 10.2. The Labute approximate surface area is 103 Å². The molecule has 1 saturated carbocycles. The van der Waals surface area contributed by atoms with Crippen LogP contribution in [0.15, 0.2) is 29.2 Å². The number of thioether (sulfide) groups is 1. The van der Waals surface area contributed by atoms with Gasteiger partial charge in [0.15, 0.2) is 0 Å². The number of rotatable bonds is 6. The highest BCUT2D eigenvalue weighted by molar-refractivity contribution is 7.99. The topological polar surface area (TPSA) is 12.0 Å². The number of hydrogen-bond acceptors (Lipinski definition) is 2. The van der Waals surface area contributed by atoms with E-state index in [1.807, 2.05) is 11.8 Å². The Kier molecular flexibility index (Phi) is 4.30. The number of benzene rings is 1. The average molecular weight is 235 g/mol. The monoisotopic (exact) mass is 235 g/mol. The van der Waals surface area contributed by atoms with Crippen LogP contribution in [0.25, 0.3) is 0 Å². The Morgan fingerprint density at radius 3 is 2.75 bits per heavy atom. The Balaban J connectivity index is 1.92. The van der Waals surface area contributed by atoms with Gasteiger partial charge in [-0.1, -0.05) is 32.0 Å². The summed E-state index contributed by atoms with van der Waals surface area (Å²) < 4.78 is 0. The van der Waals surface area contributed by atoms with Gasteiger partial charge < -0.3 is 5.32 Å². The molecule has 1 fully saturated rings. The van der Waals surface area contributed by atoms with E-state index in [9.17, 15) is 0 Å². The predicted molar refractivity (Wildman–Crippen MR) is 71.9 cm³/mol. The van der Waals surface area contributed by atoms with Crippen molar-refractivity contribution in [3.63, 3.8) is 0 Å². The van der Waals surface area contributed by atoms with Gasteiger partial charge in [-0.2, -0.15) is 0 Å². The normalized spacial score (nSPS) is 15.7. The van der Waals surface area contributed by atoms with E-state index in [-0.39, 0.29) is 0 Å². The van der Waals surface area contributed by atoms with E-state index in [0.29, 0.717) is 0 Å². The van der Waals surface area contributed by atoms with Gasteiger partial charge in [0.1, 0.15) is 0 Å². The fraction of sp³-hybridized carbons (Fsp3) is 0.571. The molecule has 0 bridgehead atoms. The molecule has 0 unspecified atom stereocenters. The minimum atomic E-state index is 0.759. The van der Waals surface area contributed by atoms with Gasteiger partial charge in [0.2, 0.25) is 0 Å². The second-order valence-corrected chi connectivity index (χ2v) is 6.03. The molecule has 1 N–H and O–H groups in total. The fourth-order valence-electron chi connectivity index (χ4n) is 1.59. The molecule has 0 atom stereocenters. The molecule has 0 spiro atoms. The summed E-state index contributed by atoms with van der Waals surface area (Å²) in [7, 11) is 0. The van der Waals surface area contributed by atoms with Gasteiger partial charge in [-0.3, -0.25) is 0 Å². The minimum Gasteiger partial charge on any atom is -0.310 e. The SMILES string of the molecule is CC(C)CSc1ccccc1CNC1CC1. The molecule has 2 rings (SSSR count). The number of hydrogen-bond donors (Lipinski definition) is 1. The third-order valence-electron chi connectivity index (χ3n) is 2.70. The maximum Gasteiger partial charge on any atom is 0.0219 e. The smallest absolute Gasteiger partial charge is 0.0219 e. The van der Waals surface area contributed by atoms with Crippen LogP contribution in [-0.2, 0) is 6.54 Å². The van der Waals surface area contributed by atoms with Gasteiger partial charge in [0.25, 0.3) is 0 Å². The maximum atomic E-state index is 3.59. The second kappa shape index (κ2) is 5.74. The van der Waals surface area contributed by atoms with Crippen LogP contribution in [0.3, 0.4) is 0 Å². The highest BCUT2D eigenvalue weighted by Gasteiger charge is 2.20. The van der Waals surface area contributed by atoms with Crippen LogP contribution in [0.2, 0.25) is 0 Å². The molecule has 1 nitrogen and oxygen atoms in total. The third-order valence-corrected chi connectivity index (χ3v) is 4.25. The standard InChI is InChI=1S/C14H21NS/c1-11(2)10-16-14-6-4-3-5-12(14)9-15-13-7-8-13/h3-6,11,13,15H,7-10H2,1-2H3. The van der Waals surface area contributed by atoms with E-state index in [4.69, 9.17) is 0 Å². The quantitative estimate of drug-likeness (QED) is 0.755. The molecular weight excluding hydrogens is 214 g/mol. The summed E-state index contributed by atoms with van der Waals surface area (Å²) in [6.45, 7) is 5.59. The maximum absolute atomic E-state index is 3.59. The molecule has 0 amide bonds. The van der Waals surface area contributed by atoms with Crippen molar-refractivity contribution < 1.29 is 0 Å². The van der Waals surface area contributed by atoms with Crippen molar-refractivity contribution in [2.75, 3.05) is 5.75 Å². The van der Waals surface area contributed by atoms with Crippen molar-refractivity contribution in [3.05, 3.63) is 29.8 Å². The highest BCUT2D eigenvalue weighted by atomic mass is 32.2. The van der Waals surface area contributed by atoms with E-state index < -0.39 is 0 Å². The van der Waals surface area contributed by atoms with Crippen LogP contribution in [-0.4, -0.2) is 11.8 Å². The van der Waals surface area contributed by atoms with Crippen LogP contribution in [0.1, 0.15) is 32.3 Å². The van der Waals surface area contributed by atoms with Crippen LogP contribution in [0.5, 0.6) is 0 Å². The van der Waals surface area contributed by atoms with Crippen LogP contribution < -0.4 is 5.32 Å². The number of nitrogens with one attached hydrogen (secondary N) is 1. The van der Waals surface area contributed by atoms with E-state index in [0.717, 1.165) is 18.5 Å². The Bertz CT molecular complexity index is 306. The van der Waals surface area contributed by atoms with Gasteiger partial charge in [-0.25, -0.2) is 0 Å². The van der Waals surface area contributed by atoms with Crippen molar-refractivity contribution in [2.45, 2.75) is 44.2 Å². The first-order valence-corrected chi connectivity index (χ1v) is 7.18. The molecule has 1 aromatic rings. The summed E-state index contributed by atoms with van der Waals surface area (Å²) in [6, 6.07) is 9.57. The summed E-state index contributed by atoms with van der Waals surface area (Å²) in [5.74, 6) is 1.97. The zero-order chi connectivity index (χ0) is 11.4. The van der Waals surface area contributed by atoms with Crippen molar-refractivity contribution >= 4 is 11.8 Å². The molecule has 0 saturated heterocycles. The van der Waals surface area contributed by atoms with E-state index >= 15 is 0 Å². The predicted octanol–water partition coefficient (Wildman–Crippen LogP) is 3.69. The molecule has 1 aliphatic carbocycles. The lowest BCUT2D eigenvalue weighted by atomic mass is 10.2. The molecule has 2 heteroatoms. The molecule has 0 radical (unpaired) electrons. The van der Waals surface area contributed by atoms with Crippen molar-refractivity contribution in [2.24, 2.45) is 5.92 Å². The average Bonchev–Trinajstić information content (AvgIpc) is 3.08. The fourth-order valence-corrected chi connectivity index (χ4v) is 2.60. The van der Waals surface area contributed by atoms with Gasteiger partial charge in [0, 0.05) is 23.2 Å². The third kappa shape index (κ3) is 3.84. The van der Waals surface area contributed by atoms with Crippen molar-refractivity contribution in [1.82, 2.24) is 5.32 Å².